The summed E-state index contributed by atoms with van der Waals surface area (Å²) in [5.74, 6) is -0.272. The van der Waals surface area contributed by atoms with Crippen molar-refractivity contribution in [1.29, 1.82) is 0 Å². The molecule has 0 bridgehead atoms. The van der Waals surface area contributed by atoms with E-state index in [0.29, 0.717) is 17.3 Å². The van der Waals surface area contributed by atoms with Crippen LogP contribution in [0.25, 0.3) is 16.8 Å². The molecule has 2 aromatic heterocycles. The summed E-state index contributed by atoms with van der Waals surface area (Å²) in [7, 11) is 0. The van der Waals surface area contributed by atoms with Crippen molar-refractivity contribution in [3.8, 4) is 11.1 Å². The van der Waals surface area contributed by atoms with Crippen LogP contribution in [-0.4, -0.2) is 27.2 Å². The standard InChI is InChI=1S/C20H22ClN3O2/c1-6-26-20(25)15-10-16(11(2)3)24-19(22-15)18(13(5)23-24)17-12(4)8-7-9-14(17)21/h7-11H,6H2,1-5H3. The van der Waals surface area contributed by atoms with Crippen LogP contribution < -0.4 is 0 Å². The molecule has 3 rings (SSSR count). The highest BCUT2D eigenvalue weighted by atomic mass is 35.5. The molecule has 0 radical (unpaired) electrons. The Balaban J connectivity index is 2.38. The quantitative estimate of drug-likeness (QED) is 0.608. The molecule has 0 N–H and O–H groups in total. The zero-order chi connectivity index (χ0) is 19.0. The van der Waals surface area contributed by atoms with Crippen LogP contribution in [0.15, 0.2) is 24.3 Å². The summed E-state index contributed by atoms with van der Waals surface area (Å²) >= 11 is 6.49. The summed E-state index contributed by atoms with van der Waals surface area (Å²) in [6, 6.07) is 7.53. The minimum absolute atomic E-state index is 0.160. The molecule has 2 heterocycles. The molecule has 0 aliphatic carbocycles. The number of hydrogen-bond donors (Lipinski definition) is 0. The second-order valence-electron chi connectivity index (χ2n) is 6.57. The smallest absolute Gasteiger partial charge is 0.357 e. The summed E-state index contributed by atoms with van der Waals surface area (Å²) in [6.07, 6.45) is 0. The Hall–Kier alpha value is -2.40. The lowest BCUT2D eigenvalue weighted by molar-refractivity contribution is 0.0519. The highest BCUT2D eigenvalue weighted by Gasteiger charge is 2.22. The maximum atomic E-state index is 12.3. The van der Waals surface area contributed by atoms with Crippen LogP contribution in [0.3, 0.4) is 0 Å². The molecule has 0 unspecified atom stereocenters. The second-order valence-corrected chi connectivity index (χ2v) is 6.98. The van der Waals surface area contributed by atoms with Gasteiger partial charge in [0.15, 0.2) is 11.3 Å². The first-order valence-corrected chi connectivity index (χ1v) is 9.05. The fraction of sp³-hybridized carbons (Fsp3) is 0.350. The van der Waals surface area contributed by atoms with Crippen molar-refractivity contribution in [3.05, 3.63) is 51.9 Å². The first-order valence-electron chi connectivity index (χ1n) is 8.68. The van der Waals surface area contributed by atoms with Gasteiger partial charge in [0.2, 0.25) is 0 Å². The van der Waals surface area contributed by atoms with E-state index in [0.717, 1.165) is 28.1 Å². The van der Waals surface area contributed by atoms with Gasteiger partial charge in [0.25, 0.3) is 0 Å². The third kappa shape index (κ3) is 3.07. The number of carbonyl (C=O) groups excluding carboxylic acids is 1. The van der Waals surface area contributed by atoms with Crippen molar-refractivity contribution >= 4 is 23.2 Å². The molecule has 6 heteroatoms. The Labute approximate surface area is 158 Å². The van der Waals surface area contributed by atoms with Gasteiger partial charge in [0.1, 0.15) is 0 Å². The lowest BCUT2D eigenvalue weighted by Crippen LogP contribution is -2.12. The topological polar surface area (TPSA) is 56.5 Å². The molecule has 0 spiro atoms. The Morgan fingerprint density at radius 1 is 1.27 bits per heavy atom. The predicted molar refractivity (Wildman–Crippen MR) is 103 cm³/mol. The molecule has 26 heavy (non-hydrogen) atoms. The molecule has 0 aliphatic heterocycles. The van der Waals surface area contributed by atoms with E-state index in [2.05, 4.69) is 23.9 Å². The first kappa shape index (κ1) is 18.4. The lowest BCUT2D eigenvalue weighted by atomic mass is 10.0. The Bertz CT molecular complexity index is 972. The molecular formula is C20H22ClN3O2. The van der Waals surface area contributed by atoms with E-state index in [4.69, 9.17) is 16.3 Å². The summed E-state index contributed by atoms with van der Waals surface area (Å²) < 4.78 is 6.96. The Morgan fingerprint density at radius 2 is 2.00 bits per heavy atom. The largest absolute Gasteiger partial charge is 0.461 e. The minimum atomic E-state index is -0.433. The number of ether oxygens (including phenoxy) is 1. The predicted octanol–water partition coefficient (Wildman–Crippen LogP) is 4.97. The van der Waals surface area contributed by atoms with Gasteiger partial charge in [0, 0.05) is 16.3 Å². The third-order valence-corrected chi connectivity index (χ3v) is 4.65. The molecule has 3 aromatic rings. The molecule has 1 aromatic carbocycles. The number of halogens is 1. The van der Waals surface area contributed by atoms with Crippen LogP contribution >= 0.6 is 11.6 Å². The number of aryl methyl sites for hydroxylation is 2. The Morgan fingerprint density at radius 3 is 2.62 bits per heavy atom. The lowest BCUT2D eigenvalue weighted by Gasteiger charge is -2.12. The number of rotatable bonds is 4. The van der Waals surface area contributed by atoms with Gasteiger partial charge >= 0.3 is 5.97 Å². The van der Waals surface area contributed by atoms with Gasteiger partial charge in [-0.05, 0) is 44.4 Å². The van der Waals surface area contributed by atoms with Crippen LogP contribution in [0.1, 0.15) is 54.1 Å². The average molecular weight is 372 g/mol. The van der Waals surface area contributed by atoms with Crippen LogP contribution in [0.4, 0.5) is 0 Å². The van der Waals surface area contributed by atoms with Crippen LogP contribution in [0.5, 0.6) is 0 Å². The van der Waals surface area contributed by atoms with Crippen LogP contribution in [0.2, 0.25) is 5.02 Å². The molecule has 0 fully saturated rings. The zero-order valence-corrected chi connectivity index (χ0v) is 16.4. The van der Waals surface area contributed by atoms with Gasteiger partial charge in [-0.1, -0.05) is 37.6 Å². The van der Waals surface area contributed by atoms with Gasteiger partial charge in [-0.15, -0.1) is 0 Å². The van der Waals surface area contributed by atoms with Crippen molar-refractivity contribution in [3.63, 3.8) is 0 Å². The van der Waals surface area contributed by atoms with E-state index < -0.39 is 5.97 Å². The van der Waals surface area contributed by atoms with Crippen LogP contribution in [0, 0.1) is 13.8 Å². The number of nitrogens with zero attached hydrogens (tertiary/aromatic N) is 3. The molecule has 0 saturated heterocycles. The summed E-state index contributed by atoms with van der Waals surface area (Å²) in [4.78, 5) is 16.9. The zero-order valence-electron chi connectivity index (χ0n) is 15.6. The third-order valence-electron chi connectivity index (χ3n) is 4.34. The Kier molecular flexibility index (Phi) is 5.01. The van der Waals surface area contributed by atoms with Gasteiger partial charge in [-0.3, -0.25) is 0 Å². The fourth-order valence-electron chi connectivity index (χ4n) is 3.11. The first-order chi connectivity index (χ1) is 12.3. The van der Waals surface area contributed by atoms with Gasteiger partial charge in [-0.2, -0.15) is 5.10 Å². The van der Waals surface area contributed by atoms with E-state index >= 15 is 0 Å². The van der Waals surface area contributed by atoms with Crippen LogP contribution in [-0.2, 0) is 4.74 Å². The maximum Gasteiger partial charge on any atom is 0.357 e. The van der Waals surface area contributed by atoms with Gasteiger partial charge in [0.05, 0.1) is 17.9 Å². The summed E-state index contributed by atoms with van der Waals surface area (Å²) in [5, 5.41) is 5.32. The van der Waals surface area contributed by atoms with Gasteiger partial charge in [-0.25, -0.2) is 14.3 Å². The van der Waals surface area contributed by atoms with E-state index in [1.807, 2.05) is 32.0 Å². The van der Waals surface area contributed by atoms with E-state index in [-0.39, 0.29) is 11.6 Å². The number of esters is 1. The highest BCUT2D eigenvalue weighted by Crippen LogP contribution is 2.36. The summed E-state index contributed by atoms with van der Waals surface area (Å²) in [5.41, 5.74) is 5.39. The minimum Gasteiger partial charge on any atom is -0.461 e. The molecule has 5 nitrogen and oxygen atoms in total. The van der Waals surface area contributed by atoms with Gasteiger partial charge < -0.3 is 4.74 Å². The van der Waals surface area contributed by atoms with E-state index in [1.165, 1.54) is 0 Å². The van der Waals surface area contributed by atoms with E-state index in [1.54, 1.807) is 17.5 Å². The normalized spacial score (nSPS) is 11.3. The molecule has 0 amide bonds. The molecule has 0 aliphatic rings. The maximum absolute atomic E-state index is 12.3. The second kappa shape index (κ2) is 7.08. The molecule has 136 valence electrons. The number of aromatic nitrogens is 3. The SMILES string of the molecule is CCOC(=O)c1cc(C(C)C)n2nc(C)c(-c3c(C)cccc3Cl)c2n1. The average Bonchev–Trinajstić information content (AvgIpc) is 2.90. The number of hydrogen-bond acceptors (Lipinski definition) is 4. The molecular weight excluding hydrogens is 350 g/mol. The number of fused-ring (bicyclic) bond motifs is 1. The van der Waals surface area contributed by atoms with Crippen molar-refractivity contribution in [1.82, 2.24) is 14.6 Å². The van der Waals surface area contributed by atoms with Crippen molar-refractivity contribution in [2.75, 3.05) is 6.61 Å². The van der Waals surface area contributed by atoms with Crippen molar-refractivity contribution in [2.24, 2.45) is 0 Å². The van der Waals surface area contributed by atoms with E-state index in [9.17, 15) is 4.79 Å². The highest BCUT2D eigenvalue weighted by molar-refractivity contribution is 6.33. The monoisotopic (exact) mass is 371 g/mol. The molecule has 0 atom stereocenters. The molecule has 0 saturated carbocycles. The number of carbonyl (C=O) groups is 1. The van der Waals surface area contributed by atoms with Crippen molar-refractivity contribution < 1.29 is 9.53 Å². The summed E-state index contributed by atoms with van der Waals surface area (Å²) in [6.45, 7) is 10.1. The van der Waals surface area contributed by atoms with Crippen molar-refractivity contribution in [2.45, 2.75) is 40.5 Å². The fourth-order valence-corrected chi connectivity index (χ4v) is 3.42. The number of benzene rings is 1.